The highest BCUT2D eigenvalue weighted by atomic mass is 127. The molecule has 2 N–H and O–H groups in total. The molecule has 2 rings (SSSR count). The smallest absolute Gasteiger partial charge is 0.191 e. The Bertz CT molecular complexity index is 560. The Hall–Kier alpha value is -0.960. The first kappa shape index (κ1) is 23.1. The SMILES string of the molecule is CCCN1CCC(NC(=NCCc2ccc(F)cc2F)NCC)CC1.I. The quantitative estimate of drug-likeness (QED) is 0.356. The van der Waals surface area contributed by atoms with Crippen molar-refractivity contribution in [1.82, 2.24) is 15.5 Å². The molecule has 0 spiro atoms. The van der Waals surface area contributed by atoms with E-state index >= 15 is 0 Å². The van der Waals surface area contributed by atoms with E-state index in [-0.39, 0.29) is 24.0 Å². The van der Waals surface area contributed by atoms with Crippen LogP contribution in [0.2, 0.25) is 0 Å². The molecule has 0 atom stereocenters. The minimum Gasteiger partial charge on any atom is -0.357 e. The van der Waals surface area contributed by atoms with Crippen LogP contribution in [0.15, 0.2) is 23.2 Å². The number of aliphatic imine (C=N–C) groups is 1. The molecule has 1 fully saturated rings. The lowest BCUT2D eigenvalue weighted by molar-refractivity contribution is 0.206. The van der Waals surface area contributed by atoms with Crippen LogP contribution in [0.1, 0.15) is 38.7 Å². The molecule has 1 heterocycles. The van der Waals surface area contributed by atoms with E-state index in [0.29, 0.717) is 24.6 Å². The highest BCUT2D eigenvalue weighted by molar-refractivity contribution is 14.0. The monoisotopic (exact) mass is 480 g/mol. The van der Waals surface area contributed by atoms with E-state index in [0.717, 1.165) is 44.5 Å². The summed E-state index contributed by atoms with van der Waals surface area (Å²) in [4.78, 5) is 7.04. The van der Waals surface area contributed by atoms with E-state index in [1.165, 1.54) is 25.1 Å². The molecule has 1 saturated heterocycles. The van der Waals surface area contributed by atoms with Gasteiger partial charge in [0.25, 0.3) is 0 Å². The summed E-state index contributed by atoms with van der Waals surface area (Å²) in [6, 6.07) is 4.13. The first-order valence-electron chi connectivity index (χ1n) is 9.33. The molecule has 0 bridgehead atoms. The third kappa shape index (κ3) is 7.73. The van der Waals surface area contributed by atoms with E-state index in [2.05, 4.69) is 27.4 Å². The summed E-state index contributed by atoms with van der Waals surface area (Å²) in [5.74, 6) is -0.274. The molecule has 148 valence electrons. The van der Waals surface area contributed by atoms with Crippen molar-refractivity contribution in [3.05, 3.63) is 35.4 Å². The second kappa shape index (κ2) is 12.4. The predicted octanol–water partition coefficient (Wildman–Crippen LogP) is 3.55. The topological polar surface area (TPSA) is 39.7 Å². The molecule has 1 aliphatic rings. The van der Waals surface area contributed by atoms with Crippen LogP contribution in [0.3, 0.4) is 0 Å². The van der Waals surface area contributed by atoms with Gasteiger partial charge in [-0.15, -0.1) is 24.0 Å². The third-order valence-corrected chi connectivity index (χ3v) is 4.48. The predicted molar refractivity (Wildman–Crippen MR) is 114 cm³/mol. The zero-order chi connectivity index (χ0) is 18.1. The van der Waals surface area contributed by atoms with E-state index in [1.54, 1.807) is 0 Å². The lowest BCUT2D eigenvalue weighted by Crippen LogP contribution is -2.48. The van der Waals surface area contributed by atoms with Gasteiger partial charge in [0.15, 0.2) is 5.96 Å². The van der Waals surface area contributed by atoms with Crippen molar-refractivity contribution in [2.75, 3.05) is 32.7 Å². The van der Waals surface area contributed by atoms with Crippen molar-refractivity contribution in [3.63, 3.8) is 0 Å². The number of nitrogens with zero attached hydrogens (tertiary/aromatic N) is 2. The number of hydrogen-bond donors (Lipinski definition) is 2. The maximum atomic E-state index is 13.7. The fourth-order valence-corrected chi connectivity index (χ4v) is 3.14. The lowest BCUT2D eigenvalue weighted by Gasteiger charge is -2.32. The maximum Gasteiger partial charge on any atom is 0.191 e. The summed E-state index contributed by atoms with van der Waals surface area (Å²) in [5.41, 5.74) is 0.494. The van der Waals surface area contributed by atoms with Crippen molar-refractivity contribution >= 4 is 29.9 Å². The average Bonchev–Trinajstić information content (AvgIpc) is 2.59. The van der Waals surface area contributed by atoms with Gasteiger partial charge in [0.05, 0.1) is 0 Å². The van der Waals surface area contributed by atoms with Gasteiger partial charge < -0.3 is 15.5 Å². The number of guanidine groups is 1. The van der Waals surface area contributed by atoms with Crippen LogP contribution in [0.4, 0.5) is 8.78 Å². The number of halogens is 3. The van der Waals surface area contributed by atoms with Crippen LogP contribution in [0, 0.1) is 11.6 Å². The van der Waals surface area contributed by atoms with E-state index < -0.39 is 11.6 Å². The molecule has 1 aromatic carbocycles. The van der Waals surface area contributed by atoms with Crippen LogP contribution in [-0.4, -0.2) is 49.6 Å². The summed E-state index contributed by atoms with van der Waals surface area (Å²) in [6.07, 6.45) is 3.87. The number of piperidine rings is 1. The molecule has 0 amide bonds. The average molecular weight is 480 g/mol. The number of benzene rings is 1. The summed E-state index contributed by atoms with van der Waals surface area (Å²) < 4.78 is 26.6. The molecule has 0 aliphatic carbocycles. The van der Waals surface area contributed by atoms with Crippen LogP contribution in [-0.2, 0) is 6.42 Å². The molecule has 1 aliphatic heterocycles. The zero-order valence-corrected chi connectivity index (χ0v) is 18.1. The van der Waals surface area contributed by atoms with Crippen LogP contribution in [0.25, 0.3) is 0 Å². The van der Waals surface area contributed by atoms with Crippen molar-refractivity contribution in [2.24, 2.45) is 4.99 Å². The molecular formula is C19H31F2IN4. The highest BCUT2D eigenvalue weighted by Gasteiger charge is 2.19. The highest BCUT2D eigenvalue weighted by Crippen LogP contribution is 2.11. The second-order valence-corrected chi connectivity index (χ2v) is 6.51. The second-order valence-electron chi connectivity index (χ2n) is 6.51. The van der Waals surface area contributed by atoms with Gasteiger partial charge in [-0.05, 0) is 50.8 Å². The number of rotatable bonds is 7. The summed E-state index contributed by atoms with van der Waals surface area (Å²) >= 11 is 0. The standard InChI is InChI=1S/C19H30F2N4.HI/c1-3-11-25-12-8-17(9-13-25)24-19(22-4-2)23-10-7-15-5-6-16(20)14-18(15)21;/h5-6,14,17H,3-4,7-13H2,1-2H3,(H2,22,23,24);1H. The van der Waals surface area contributed by atoms with Gasteiger partial charge in [0.2, 0.25) is 0 Å². The van der Waals surface area contributed by atoms with Gasteiger partial charge in [-0.1, -0.05) is 13.0 Å². The van der Waals surface area contributed by atoms with Crippen molar-refractivity contribution in [3.8, 4) is 0 Å². The minimum atomic E-state index is -0.547. The third-order valence-electron chi connectivity index (χ3n) is 4.48. The molecule has 0 unspecified atom stereocenters. The van der Waals surface area contributed by atoms with E-state index in [1.807, 2.05) is 6.92 Å². The Labute approximate surface area is 172 Å². The molecule has 0 aromatic heterocycles. The van der Waals surface area contributed by atoms with Crippen LogP contribution >= 0.6 is 24.0 Å². The van der Waals surface area contributed by atoms with Gasteiger partial charge in [-0.3, -0.25) is 4.99 Å². The van der Waals surface area contributed by atoms with Gasteiger partial charge in [0.1, 0.15) is 11.6 Å². The van der Waals surface area contributed by atoms with Gasteiger partial charge >= 0.3 is 0 Å². The van der Waals surface area contributed by atoms with Crippen molar-refractivity contribution < 1.29 is 8.78 Å². The van der Waals surface area contributed by atoms with Gasteiger partial charge in [-0.2, -0.15) is 0 Å². The molecule has 0 radical (unpaired) electrons. The zero-order valence-electron chi connectivity index (χ0n) is 15.7. The van der Waals surface area contributed by atoms with Crippen LogP contribution in [0.5, 0.6) is 0 Å². The first-order chi connectivity index (χ1) is 12.1. The number of hydrogen-bond acceptors (Lipinski definition) is 2. The maximum absolute atomic E-state index is 13.7. The lowest BCUT2D eigenvalue weighted by atomic mass is 10.1. The summed E-state index contributed by atoms with van der Waals surface area (Å²) in [5, 5.41) is 6.74. The van der Waals surface area contributed by atoms with Gasteiger partial charge in [-0.25, -0.2) is 8.78 Å². The molecule has 7 heteroatoms. The molecular weight excluding hydrogens is 449 g/mol. The molecule has 4 nitrogen and oxygen atoms in total. The Kier molecular flexibility index (Phi) is 11.0. The number of likely N-dealkylation sites (tertiary alicyclic amines) is 1. The summed E-state index contributed by atoms with van der Waals surface area (Å²) in [6.45, 7) is 8.89. The van der Waals surface area contributed by atoms with Gasteiger partial charge in [0, 0.05) is 38.3 Å². The molecule has 0 saturated carbocycles. The van der Waals surface area contributed by atoms with Crippen molar-refractivity contribution in [2.45, 2.75) is 45.6 Å². The fraction of sp³-hybridized carbons (Fsp3) is 0.632. The largest absolute Gasteiger partial charge is 0.357 e. The molecule has 26 heavy (non-hydrogen) atoms. The number of nitrogens with one attached hydrogen (secondary N) is 2. The molecule has 1 aromatic rings. The van der Waals surface area contributed by atoms with Crippen LogP contribution < -0.4 is 10.6 Å². The first-order valence-corrected chi connectivity index (χ1v) is 9.33. The Morgan fingerprint density at radius 2 is 1.96 bits per heavy atom. The normalized spacial score (nSPS) is 16.2. The fourth-order valence-electron chi connectivity index (χ4n) is 3.14. The summed E-state index contributed by atoms with van der Waals surface area (Å²) in [7, 11) is 0. The van der Waals surface area contributed by atoms with Crippen molar-refractivity contribution in [1.29, 1.82) is 0 Å². The Morgan fingerprint density at radius 1 is 1.23 bits per heavy atom. The Balaban J connectivity index is 0.00000338. The van der Waals surface area contributed by atoms with E-state index in [4.69, 9.17) is 0 Å². The Morgan fingerprint density at radius 3 is 2.58 bits per heavy atom. The van der Waals surface area contributed by atoms with E-state index in [9.17, 15) is 8.78 Å². The minimum absolute atomic E-state index is 0.